The van der Waals surface area contributed by atoms with E-state index in [1.807, 2.05) is 47.5 Å². The number of allylic oxidation sites excluding steroid dienone is 2. The quantitative estimate of drug-likeness (QED) is 0.472. The van der Waals surface area contributed by atoms with Crippen LogP contribution in [0, 0.1) is 0 Å². The lowest BCUT2D eigenvalue weighted by molar-refractivity contribution is -0.114. The van der Waals surface area contributed by atoms with Crippen molar-refractivity contribution in [2.75, 3.05) is 0 Å². The van der Waals surface area contributed by atoms with Gasteiger partial charge in [-0.2, -0.15) is 0 Å². The minimum atomic E-state index is -1.98. The van der Waals surface area contributed by atoms with E-state index >= 15 is 0 Å². The Labute approximate surface area is 176 Å². The van der Waals surface area contributed by atoms with Crippen molar-refractivity contribution < 1.29 is 4.79 Å². The summed E-state index contributed by atoms with van der Waals surface area (Å²) < 4.78 is -1.13. The molecule has 0 atom stereocenters. The molecule has 0 bridgehead atoms. The Morgan fingerprint density at radius 3 is 1.88 bits per heavy atom. The molecule has 1 heterocycles. The van der Waals surface area contributed by atoms with E-state index in [4.69, 9.17) is 34.8 Å². The second-order valence-electron chi connectivity index (χ2n) is 5.91. The van der Waals surface area contributed by atoms with Gasteiger partial charge < -0.3 is 4.90 Å². The molecule has 0 unspecified atom stereocenters. The molecule has 26 heavy (non-hydrogen) atoms. The van der Waals surface area contributed by atoms with Gasteiger partial charge in [-0.25, -0.2) is 0 Å². The Morgan fingerprint density at radius 2 is 1.42 bits per heavy atom. The molecule has 2 nitrogen and oxygen atoms in total. The van der Waals surface area contributed by atoms with Crippen LogP contribution < -0.4 is 0 Å². The predicted molar refractivity (Wildman–Crippen MR) is 112 cm³/mol. The largest absolute Gasteiger partial charge is 0.342 e. The first-order chi connectivity index (χ1) is 12.4. The summed E-state index contributed by atoms with van der Waals surface area (Å²) >= 11 is 21.0. The number of hydrogen-bond donors (Lipinski definition) is 0. The first-order valence-electron chi connectivity index (χ1n) is 7.92. The van der Waals surface area contributed by atoms with Gasteiger partial charge in [-0.1, -0.05) is 111 Å². The van der Waals surface area contributed by atoms with Gasteiger partial charge in [0.15, 0.2) is 0 Å². The van der Waals surface area contributed by atoms with E-state index in [2.05, 4.69) is 40.2 Å². The van der Waals surface area contributed by atoms with Gasteiger partial charge in [0.1, 0.15) is 0 Å². The number of benzene rings is 2. The second kappa shape index (κ2) is 8.18. The smallest absolute Gasteiger partial charge is 0.253 e. The normalized spacial score (nSPS) is 14.9. The van der Waals surface area contributed by atoms with E-state index in [1.54, 1.807) is 6.20 Å². The van der Waals surface area contributed by atoms with Crippen molar-refractivity contribution in [2.45, 2.75) is 16.3 Å². The van der Waals surface area contributed by atoms with Crippen molar-refractivity contribution in [1.82, 2.24) is 4.90 Å². The van der Waals surface area contributed by atoms with Crippen molar-refractivity contribution in [1.29, 1.82) is 0 Å². The zero-order valence-electron chi connectivity index (χ0n) is 13.6. The second-order valence-corrected chi connectivity index (χ2v) is 9.20. The summed E-state index contributed by atoms with van der Waals surface area (Å²) in [5.74, 6) is -0.516. The number of Topliss-reactive ketones (excluding diaryl/α,β-unsaturated/α-hetero) is 1. The summed E-state index contributed by atoms with van der Waals surface area (Å²) in [6.07, 6.45) is 4.11. The molecule has 0 radical (unpaired) electrons. The van der Waals surface area contributed by atoms with Crippen molar-refractivity contribution in [3.63, 3.8) is 0 Å². The lowest BCUT2D eigenvalue weighted by Gasteiger charge is -2.32. The zero-order chi connectivity index (χ0) is 18.7. The van der Waals surface area contributed by atoms with Crippen LogP contribution in [-0.4, -0.2) is 14.5 Å². The van der Waals surface area contributed by atoms with E-state index in [-0.39, 0.29) is 6.04 Å². The van der Waals surface area contributed by atoms with E-state index in [1.165, 1.54) is 0 Å². The Bertz CT molecular complexity index is 805. The Hall–Kier alpha value is -1.26. The summed E-state index contributed by atoms with van der Waals surface area (Å²) in [7, 11) is 0. The van der Waals surface area contributed by atoms with Crippen LogP contribution in [-0.2, 0) is 4.79 Å². The maximum Gasteiger partial charge on any atom is 0.253 e. The lowest BCUT2D eigenvalue weighted by atomic mass is 9.96. The van der Waals surface area contributed by atoms with Gasteiger partial charge in [-0.15, -0.1) is 0 Å². The standard InChI is InChI=1S/C20H15BrCl3NO/c21-17-11-16(19(26)20(22,23)24)12-25(13-17)18(14-7-3-1-4-8-14)15-9-5-2-6-10-15/h1-10,12-13,18H,11H2. The first-order valence-corrected chi connectivity index (χ1v) is 9.84. The molecule has 0 saturated carbocycles. The molecular formula is C20H15BrCl3NO. The van der Waals surface area contributed by atoms with Crippen molar-refractivity contribution in [3.8, 4) is 0 Å². The minimum Gasteiger partial charge on any atom is -0.342 e. The van der Waals surface area contributed by atoms with Gasteiger partial charge in [-0.05, 0) is 11.1 Å². The maximum atomic E-state index is 12.5. The maximum absolute atomic E-state index is 12.5. The van der Waals surface area contributed by atoms with E-state index in [0.717, 1.165) is 15.6 Å². The van der Waals surface area contributed by atoms with Crippen molar-refractivity contribution >= 4 is 56.5 Å². The fourth-order valence-electron chi connectivity index (χ4n) is 2.93. The molecule has 2 aromatic rings. The number of ketones is 1. The Balaban J connectivity index is 2.07. The zero-order valence-corrected chi connectivity index (χ0v) is 17.4. The monoisotopic (exact) mass is 469 g/mol. The van der Waals surface area contributed by atoms with Crippen LogP contribution in [0.15, 0.2) is 83.1 Å². The van der Waals surface area contributed by atoms with E-state index in [9.17, 15) is 4.79 Å². The summed E-state index contributed by atoms with van der Waals surface area (Å²) in [4.78, 5) is 14.4. The van der Waals surface area contributed by atoms with Gasteiger partial charge in [0.05, 0.1) is 6.04 Å². The highest BCUT2D eigenvalue weighted by atomic mass is 79.9. The van der Waals surface area contributed by atoms with Crippen LogP contribution in [0.4, 0.5) is 0 Å². The number of carbonyl (C=O) groups excluding carboxylic acids is 1. The third-order valence-electron chi connectivity index (χ3n) is 4.03. The topological polar surface area (TPSA) is 20.3 Å². The first kappa shape index (κ1) is 19.5. The molecule has 0 fully saturated rings. The van der Waals surface area contributed by atoms with Gasteiger partial charge in [0, 0.05) is 28.9 Å². The number of hydrogen-bond acceptors (Lipinski definition) is 2. The number of nitrogens with zero attached hydrogens (tertiary/aromatic N) is 1. The van der Waals surface area contributed by atoms with Gasteiger partial charge >= 0.3 is 0 Å². The molecule has 0 amide bonds. The number of rotatable bonds is 4. The van der Waals surface area contributed by atoms with Crippen LogP contribution in [0.1, 0.15) is 23.6 Å². The molecule has 0 spiro atoms. The summed E-state index contributed by atoms with van der Waals surface area (Å²) in [5.41, 5.74) is 2.62. The van der Waals surface area contributed by atoms with Gasteiger partial charge in [-0.3, -0.25) is 4.79 Å². The van der Waals surface area contributed by atoms with E-state index < -0.39 is 9.58 Å². The van der Waals surface area contributed by atoms with Crippen LogP contribution in [0.3, 0.4) is 0 Å². The molecule has 0 saturated heterocycles. The molecule has 134 valence electrons. The number of carbonyl (C=O) groups is 1. The fraction of sp³-hybridized carbons (Fsp3) is 0.150. The predicted octanol–water partition coefficient (Wildman–Crippen LogP) is 6.54. The van der Waals surface area contributed by atoms with Crippen LogP contribution in [0.5, 0.6) is 0 Å². The molecule has 1 aliphatic rings. The van der Waals surface area contributed by atoms with E-state index in [0.29, 0.717) is 12.0 Å². The molecular weight excluding hydrogens is 456 g/mol. The van der Waals surface area contributed by atoms with Gasteiger partial charge in [0.25, 0.3) is 3.79 Å². The minimum absolute atomic E-state index is 0.108. The third kappa shape index (κ3) is 4.52. The molecule has 0 aliphatic carbocycles. The summed E-state index contributed by atoms with van der Waals surface area (Å²) in [6, 6.07) is 20.0. The van der Waals surface area contributed by atoms with Crippen molar-refractivity contribution in [3.05, 3.63) is 94.2 Å². The fourth-order valence-corrected chi connectivity index (χ4v) is 3.83. The summed E-state index contributed by atoms with van der Waals surface area (Å²) in [6.45, 7) is 0. The molecule has 2 aromatic carbocycles. The average Bonchev–Trinajstić information content (AvgIpc) is 2.62. The molecule has 0 aromatic heterocycles. The van der Waals surface area contributed by atoms with Crippen LogP contribution >= 0.6 is 50.7 Å². The highest BCUT2D eigenvalue weighted by Gasteiger charge is 2.35. The Morgan fingerprint density at radius 1 is 0.923 bits per heavy atom. The number of alkyl halides is 3. The highest BCUT2D eigenvalue weighted by molar-refractivity contribution is 9.11. The summed E-state index contributed by atoms with van der Waals surface area (Å²) in [5, 5.41) is 0. The SMILES string of the molecule is O=C(C1=CN(C(c2ccccc2)c2ccccc2)C=C(Br)C1)C(Cl)(Cl)Cl. The molecule has 1 aliphatic heterocycles. The highest BCUT2D eigenvalue weighted by Crippen LogP contribution is 2.38. The third-order valence-corrected chi connectivity index (χ3v) is 5.03. The van der Waals surface area contributed by atoms with Gasteiger partial charge in [0.2, 0.25) is 5.78 Å². The lowest BCUT2D eigenvalue weighted by Crippen LogP contribution is -2.27. The van der Waals surface area contributed by atoms with Crippen molar-refractivity contribution in [2.24, 2.45) is 0 Å². The molecule has 3 rings (SSSR count). The number of halogens is 4. The van der Waals surface area contributed by atoms with Crippen LogP contribution in [0.2, 0.25) is 0 Å². The van der Waals surface area contributed by atoms with Crippen LogP contribution in [0.25, 0.3) is 0 Å². The molecule has 6 heteroatoms. The Kier molecular flexibility index (Phi) is 6.13. The molecule has 0 N–H and O–H groups in total. The average molecular weight is 472 g/mol.